The molecule has 0 unspecified atom stereocenters. The summed E-state index contributed by atoms with van der Waals surface area (Å²) in [6.07, 6.45) is 15.9. The Morgan fingerprint density at radius 3 is 2.07 bits per heavy atom. The van der Waals surface area contributed by atoms with Crippen molar-refractivity contribution in [1.29, 1.82) is 0 Å². The van der Waals surface area contributed by atoms with Crippen LogP contribution in [0.4, 0.5) is 21.9 Å². The van der Waals surface area contributed by atoms with Gasteiger partial charge in [-0.05, 0) is 43.8 Å². The largest absolute Gasteiger partial charge is 0.428 e. The van der Waals surface area contributed by atoms with Gasteiger partial charge in [-0.3, -0.25) is 4.79 Å². The molecule has 0 atom stereocenters. The van der Waals surface area contributed by atoms with Crippen LogP contribution in [0.15, 0.2) is 47.5 Å². The number of nitrogens with zero attached hydrogens (tertiary/aromatic N) is 4. The molecule has 2 heterocycles. The van der Waals surface area contributed by atoms with Crippen molar-refractivity contribution in [3.05, 3.63) is 53.1 Å². The minimum Gasteiger partial charge on any atom is -0.428 e. The first-order valence-corrected chi connectivity index (χ1v) is 17.4. The number of hydrogen-bond acceptors (Lipinski definition) is 7. The first-order valence-electron chi connectivity index (χ1n) is 17.0. The third-order valence-corrected chi connectivity index (χ3v) is 8.90. The van der Waals surface area contributed by atoms with Crippen LogP contribution in [0.2, 0.25) is 5.02 Å². The lowest BCUT2D eigenvalue weighted by Crippen LogP contribution is -2.47. The summed E-state index contributed by atoms with van der Waals surface area (Å²) < 4.78 is 10.8. The molecule has 2 aliphatic rings. The van der Waals surface area contributed by atoms with E-state index in [0.717, 1.165) is 56.8 Å². The van der Waals surface area contributed by atoms with E-state index in [1.807, 2.05) is 24.3 Å². The van der Waals surface area contributed by atoms with Crippen LogP contribution in [0.1, 0.15) is 102 Å². The summed E-state index contributed by atoms with van der Waals surface area (Å²) in [6.45, 7) is 5.29. The van der Waals surface area contributed by atoms with Gasteiger partial charge >= 0.3 is 12.1 Å². The zero-order chi connectivity index (χ0) is 31.9. The fraction of sp³-hybridized carbons (Fsp3) is 0.583. The lowest BCUT2D eigenvalue weighted by molar-refractivity contribution is -0.151. The number of amidine groups is 1. The minimum absolute atomic E-state index is 0.325. The van der Waals surface area contributed by atoms with E-state index in [2.05, 4.69) is 23.8 Å². The number of rotatable bonds is 16. The average Bonchev–Trinajstić information content (AvgIpc) is 3.18. The lowest BCUT2D eigenvalue weighted by atomic mass is 10.0. The number of benzene rings is 2. The van der Waals surface area contributed by atoms with Crippen molar-refractivity contribution in [2.75, 3.05) is 44.9 Å². The number of esters is 1. The Morgan fingerprint density at radius 1 is 0.778 bits per heavy atom. The summed E-state index contributed by atoms with van der Waals surface area (Å²) in [6, 6.07) is 12.9. The van der Waals surface area contributed by atoms with Gasteiger partial charge in [0.2, 0.25) is 6.79 Å². The van der Waals surface area contributed by atoms with E-state index in [1.165, 1.54) is 69.1 Å². The Labute approximate surface area is 274 Å². The van der Waals surface area contributed by atoms with Crippen molar-refractivity contribution in [3.8, 4) is 0 Å². The van der Waals surface area contributed by atoms with E-state index in [4.69, 9.17) is 26.1 Å². The number of fused-ring (bicyclic) bond motifs is 2. The third kappa shape index (κ3) is 10.7. The number of amides is 1. The maximum atomic E-state index is 13.6. The van der Waals surface area contributed by atoms with Gasteiger partial charge in [-0.15, -0.1) is 0 Å². The Morgan fingerprint density at radius 2 is 1.40 bits per heavy atom. The zero-order valence-electron chi connectivity index (χ0n) is 27.3. The highest BCUT2D eigenvalue weighted by molar-refractivity contribution is 6.31. The molecule has 0 spiro atoms. The second kappa shape index (κ2) is 18.8. The molecule has 1 amide bonds. The van der Waals surface area contributed by atoms with Gasteiger partial charge in [-0.1, -0.05) is 108 Å². The molecule has 2 aromatic carbocycles. The van der Waals surface area contributed by atoms with Crippen molar-refractivity contribution in [2.45, 2.75) is 96.8 Å². The molecule has 45 heavy (non-hydrogen) atoms. The highest BCUT2D eigenvalue weighted by atomic mass is 35.5. The highest BCUT2D eigenvalue weighted by Gasteiger charge is 2.31. The number of carbonyl (C=O) groups is 2. The van der Waals surface area contributed by atoms with E-state index in [0.29, 0.717) is 28.5 Å². The molecular formula is C36H51ClN4O4. The molecule has 0 N–H and O–H groups in total. The molecule has 9 heteroatoms. The first kappa shape index (κ1) is 34.8. The van der Waals surface area contributed by atoms with Crippen molar-refractivity contribution in [3.63, 3.8) is 0 Å². The predicted octanol–water partition coefficient (Wildman–Crippen LogP) is 9.24. The maximum Gasteiger partial charge on any atom is 0.421 e. The Hall–Kier alpha value is -3.10. The van der Waals surface area contributed by atoms with Crippen molar-refractivity contribution in [1.82, 2.24) is 9.80 Å². The number of likely N-dealkylation sites (N-methyl/N-ethyl adjacent to an activating group) is 1. The molecule has 0 bridgehead atoms. The standard InChI is InChI=1S/C36H51ClN4O4/c1-3-4-5-6-7-8-9-10-11-12-13-14-15-20-34(42)44-28-45-36(43)41-32-19-17-16-18-30(32)35(40-25-23-39(2)24-26-40)38-31-27-29(37)21-22-33(31)41/h16-19,21-22,27H,3-15,20,23-26,28H2,1-2H3. The van der Waals surface area contributed by atoms with Gasteiger partial charge in [0.05, 0.1) is 17.1 Å². The van der Waals surface area contributed by atoms with Gasteiger partial charge in [0.1, 0.15) is 5.84 Å². The Balaban J connectivity index is 1.23. The second-order valence-electron chi connectivity index (χ2n) is 12.2. The minimum atomic E-state index is -0.644. The SMILES string of the molecule is CCCCCCCCCCCCCCCC(=O)OCOC(=O)N1c2ccc(Cl)cc2N=C(N2CCN(C)CC2)c2ccccc21. The quantitative estimate of drug-likeness (QED) is 0.104. The number of piperazine rings is 1. The molecule has 0 radical (unpaired) electrons. The molecule has 2 aromatic rings. The Kier molecular flexibility index (Phi) is 14.5. The van der Waals surface area contributed by atoms with E-state index >= 15 is 0 Å². The van der Waals surface area contributed by atoms with Crippen LogP contribution in [0, 0.1) is 0 Å². The van der Waals surface area contributed by atoms with Gasteiger partial charge in [0, 0.05) is 43.2 Å². The average molecular weight is 639 g/mol. The summed E-state index contributed by atoms with van der Waals surface area (Å²) >= 11 is 6.37. The molecule has 0 aliphatic carbocycles. The zero-order valence-corrected chi connectivity index (χ0v) is 28.0. The summed E-state index contributed by atoms with van der Waals surface area (Å²) in [4.78, 5) is 37.0. The van der Waals surface area contributed by atoms with Crippen molar-refractivity contribution < 1.29 is 19.1 Å². The molecule has 246 valence electrons. The van der Waals surface area contributed by atoms with Crippen LogP contribution in [0.3, 0.4) is 0 Å². The number of ether oxygens (including phenoxy) is 2. The van der Waals surface area contributed by atoms with E-state index in [-0.39, 0.29) is 5.97 Å². The van der Waals surface area contributed by atoms with E-state index in [9.17, 15) is 9.59 Å². The highest BCUT2D eigenvalue weighted by Crippen LogP contribution is 2.41. The first-order chi connectivity index (χ1) is 22.0. The van der Waals surface area contributed by atoms with Gasteiger partial charge < -0.3 is 19.3 Å². The van der Waals surface area contributed by atoms with Gasteiger partial charge in [0.15, 0.2) is 0 Å². The fourth-order valence-electron chi connectivity index (χ4n) is 5.96. The Bertz CT molecular complexity index is 1260. The van der Waals surface area contributed by atoms with Gasteiger partial charge in [0.25, 0.3) is 0 Å². The smallest absolute Gasteiger partial charge is 0.421 e. The predicted molar refractivity (Wildman–Crippen MR) is 183 cm³/mol. The maximum absolute atomic E-state index is 13.6. The van der Waals surface area contributed by atoms with Gasteiger partial charge in [-0.2, -0.15) is 0 Å². The second-order valence-corrected chi connectivity index (χ2v) is 12.7. The normalized spacial score (nSPS) is 14.8. The molecule has 4 rings (SSSR count). The number of unbranched alkanes of at least 4 members (excludes halogenated alkanes) is 12. The van der Waals surface area contributed by atoms with Crippen LogP contribution in [-0.2, 0) is 14.3 Å². The molecule has 8 nitrogen and oxygen atoms in total. The molecule has 0 aromatic heterocycles. The number of para-hydroxylation sites is 1. The summed E-state index contributed by atoms with van der Waals surface area (Å²) in [5, 5.41) is 0.525. The molecule has 2 aliphatic heterocycles. The van der Waals surface area contributed by atoms with Crippen LogP contribution in [-0.4, -0.2) is 67.7 Å². The topological polar surface area (TPSA) is 74.7 Å². The molecule has 1 fully saturated rings. The molecule has 1 saturated heterocycles. The van der Waals surface area contributed by atoms with Crippen LogP contribution in [0.25, 0.3) is 0 Å². The number of carbonyl (C=O) groups excluding carboxylic acids is 2. The van der Waals surface area contributed by atoms with Crippen LogP contribution < -0.4 is 4.90 Å². The summed E-state index contributed by atoms with van der Waals surface area (Å²) in [5.74, 6) is 0.441. The number of hydrogen-bond donors (Lipinski definition) is 0. The number of anilines is 2. The summed E-state index contributed by atoms with van der Waals surface area (Å²) in [7, 11) is 2.11. The fourth-order valence-corrected chi connectivity index (χ4v) is 6.13. The van der Waals surface area contributed by atoms with Crippen LogP contribution in [0.5, 0.6) is 0 Å². The monoisotopic (exact) mass is 638 g/mol. The van der Waals surface area contributed by atoms with Crippen molar-refractivity contribution in [2.24, 2.45) is 4.99 Å². The van der Waals surface area contributed by atoms with Gasteiger partial charge in [-0.25, -0.2) is 14.7 Å². The number of halogens is 1. The lowest BCUT2D eigenvalue weighted by Gasteiger charge is -2.35. The summed E-state index contributed by atoms with van der Waals surface area (Å²) in [5.41, 5.74) is 2.61. The number of aliphatic imine (C=N–C) groups is 1. The van der Waals surface area contributed by atoms with E-state index < -0.39 is 12.9 Å². The molecular weight excluding hydrogens is 588 g/mol. The van der Waals surface area contributed by atoms with Crippen LogP contribution >= 0.6 is 11.6 Å². The van der Waals surface area contributed by atoms with E-state index in [1.54, 1.807) is 18.2 Å². The third-order valence-electron chi connectivity index (χ3n) is 8.66. The van der Waals surface area contributed by atoms with Crippen molar-refractivity contribution >= 4 is 46.6 Å². The molecule has 0 saturated carbocycles.